The number of hydrogen-bond acceptors (Lipinski definition) is 5. The second-order valence-electron chi connectivity index (χ2n) is 5.15. The molecule has 2 aromatic heterocycles. The summed E-state index contributed by atoms with van der Waals surface area (Å²) in [7, 11) is 2.14. The first-order chi connectivity index (χ1) is 9.33. The Morgan fingerprint density at radius 2 is 2.26 bits per heavy atom. The van der Waals surface area contributed by atoms with E-state index in [1.54, 1.807) is 11.3 Å². The first kappa shape index (κ1) is 12.8. The minimum Gasteiger partial charge on any atom is -0.361 e. The standard InChI is InChI=1S/C14H19N3OS/c1-17(8-6-14-15-7-9-19-14)10-12-11-4-2-3-5-13(11)18-16-12/h7,9H,2-6,8,10H2,1H3. The number of rotatable bonds is 5. The molecule has 3 rings (SSSR count). The van der Waals surface area contributed by atoms with Gasteiger partial charge in [-0.15, -0.1) is 11.3 Å². The molecule has 0 saturated heterocycles. The molecule has 0 atom stereocenters. The molecule has 0 saturated carbocycles. The largest absolute Gasteiger partial charge is 0.361 e. The van der Waals surface area contributed by atoms with E-state index in [1.165, 1.54) is 23.4 Å². The first-order valence-electron chi connectivity index (χ1n) is 6.86. The van der Waals surface area contributed by atoms with Gasteiger partial charge in [0, 0.05) is 43.1 Å². The fourth-order valence-corrected chi connectivity index (χ4v) is 3.18. The summed E-state index contributed by atoms with van der Waals surface area (Å²) >= 11 is 1.72. The zero-order chi connectivity index (χ0) is 13.1. The number of fused-ring (bicyclic) bond motifs is 1. The summed E-state index contributed by atoms with van der Waals surface area (Å²) in [6.45, 7) is 1.89. The summed E-state index contributed by atoms with van der Waals surface area (Å²) in [6, 6.07) is 0. The number of nitrogens with zero attached hydrogens (tertiary/aromatic N) is 3. The van der Waals surface area contributed by atoms with Gasteiger partial charge in [-0.25, -0.2) is 4.98 Å². The van der Waals surface area contributed by atoms with E-state index in [-0.39, 0.29) is 0 Å². The Morgan fingerprint density at radius 3 is 3.11 bits per heavy atom. The van der Waals surface area contributed by atoms with E-state index in [9.17, 15) is 0 Å². The molecule has 0 bridgehead atoms. The number of thiazole rings is 1. The number of hydrogen-bond donors (Lipinski definition) is 0. The molecule has 0 unspecified atom stereocenters. The Balaban J connectivity index is 1.57. The summed E-state index contributed by atoms with van der Waals surface area (Å²) in [4.78, 5) is 6.61. The third-order valence-corrected chi connectivity index (χ3v) is 4.48. The van der Waals surface area contributed by atoms with Crippen molar-refractivity contribution in [3.8, 4) is 0 Å². The van der Waals surface area contributed by atoms with Crippen LogP contribution < -0.4 is 0 Å². The highest BCUT2D eigenvalue weighted by atomic mass is 32.1. The lowest BCUT2D eigenvalue weighted by atomic mass is 9.96. The van der Waals surface area contributed by atoms with Gasteiger partial charge in [-0.2, -0.15) is 0 Å². The van der Waals surface area contributed by atoms with Crippen LogP contribution in [0.2, 0.25) is 0 Å². The van der Waals surface area contributed by atoms with E-state index in [0.717, 1.165) is 43.8 Å². The van der Waals surface area contributed by atoms with E-state index in [2.05, 4.69) is 22.1 Å². The van der Waals surface area contributed by atoms with Gasteiger partial charge in [-0.1, -0.05) is 5.16 Å². The maximum Gasteiger partial charge on any atom is 0.140 e. The van der Waals surface area contributed by atoms with Crippen molar-refractivity contribution in [1.82, 2.24) is 15.0 Å². The molecule has 102 valence electrons. The van der Waals surface area contributed by atoms with Gasteiger partial charge in [0.25, 0.3) is 0 Å². The number of aryl methyl sites for hydroxylation is 1. The normalized spacial score (nSPS) is 14.8. The topological polar surface area (TPSA) is 42.2 Å². The van der Waals surface area contributed by atoms with Crippen LogP contribution in [0.4, 0.5) is 0 Å². The summed E-state index contributed by atoms with van der Waals surface area (Å²) in [5.41, 5.74) is 2.50. The summed E-state index contributed by atoms with van der Waals surface area (Å²) in [6.07, 6.45) is 7.58. The average Bonchev–Trinajstić information content (AvgIpc) is 3.07. The predicted octanol–water partition coefficient (Wildman–Crippen LogP) is 2.68. The molecule has 4 nitrogen and oxygen atoms in total. The van der Waals surface area contributed by atoms with Crippen LogP contribution in [0.25, 0.3) is 0 Å². The zero-order valence-corrected chi connectivity index (χ0v) is 12.1. The van der Waals surface area contributed by atoms with Crippen molar-refractivity contribution in [2.75, 3.05) is 13.6 Å². The SMILES string of the molecule is CN(CCc1nccs1)Cc1noc2c1CCCC2. The van der Waals surface area contributed by atoms with Crippen LogP contribution in [0.15, 0.2) is 16.1 Å². The minimum absolute atomic E-state index is 0.879. The summed E-state index contributed by atoms with van der Waals surface area (Å²) < 4.78 is 5.45. The molecule has 0 aliphatic heterocycles. The van der Waals surface area contributed by atoms with Crippen LogP contribution in [0, 0.1) is 0 Å². The van der Waals surface area contributed by atoms with Crippen LogP contribution in [0.3, 0.4) is 0 Å². The number of aromatic nitrogens is 2. The predicted molar refractivity (Wildman–Crippen MR) is 75.3 cm³/mol. The zero-order valence-electron chi connectivity index (χ0n) is 11.3. The monoisotopic (exact) mass is 277 g/mol. The van der Waals surface area contributed by atoms with Crippen LogP contribution in [0.5, 0.6) is 0 Å². The Labute approximate surface area is 117 Å². The Bertz CT molecular complexity index is 521. The molecule has 19 heavy (non-hydrogen) atoms. The maximum atomic E-state index is 5.45. The number of likely N-dealkylation sites (N-methyl/N-ethyl adjacent to an activating group) is 1. The van der Waals surface area contributed by atoms with E-state index in [0.29, 0.717) is 0 Å². The molecule has 2 aromatic rings. The maximum absolute atomic E-state index is 5.45. The van der Waals surface area contributed by atoms with Gasteiger partial charge in [0.15, 0.2) is 0 Å². The lowest BCUT2D eigenvalue weighted by Crippen LogP contribution is -2.21. The molecule has 0 amide bonds. The van der Waals surface area contributed by atoms with Gasteiger partial charge >= 0.3 is 0 Å². The molecule has 0 aromatic carbocycles. The molecule has 1 aliphatic carbocycles. The van der Waals surface area contributed by atoms with E-state index < -0.39 is 0 Å². The average molecular weight is 277 g/mol. The summed E-state index contributed by atoms with van der Waals surface area (Å²) in [5.74, 6) is 1.12. The molecule has 0 radical (unpaired) electrons. The molecule has 0 spiro atoms. The van der Waals surface area contributed by atoms with E-state index >= 15 is 0 Å². The Morgan fingerprint density at radius 1 is 1.37 bits per heavy atom. The van der Waals surface area contributed by atoms with E-state index in [1.807, 2.05) is 11.6 Å². The highest BCUT2D eigenvalue weighted by Gasteiger charge is 2.19. The van der Waals surface area contributed by atoms with Gasteiger partial charge < -0.3 is 4.52 Å². The van der Waals surface area contributed by atoms with Crippen molar-refractivity contribution in [2.24, 2.45) is 0 Å². The Hall–Kier alpha value is -1.20. The van der Waals surface area contributed by atoms with Gasteiger partial charge in [-0.3, -0.25) is 4.90 Å². The fourth-order valence-electron chi connectivity index (χ4n) is 2.57. The highest BCUT2D eigenvalue weighted by Crippen LogP contribution is 2.24. The van der Waals surface area contributed by atoms with Crippen molar-refractivity contribution in [2.45, 2.75) is 38.6 Å². The second kappa shape index (κ2) is 5.84. The molecule has 5 heteroatoms. The van der Waals surface area contributed by atoms with Crippen molar-refractivity contribution >= 4 is 11.3 Å². The van der Waals surface area contributed by atoms with Crippen molar-refractivity contribution in [3.05, 3.63) is 33.6 Å². The smallest absolute Gasteiger partial charge is 0.140 e. The van der Waals surface area contributed by atoms with Crippen molar-refractivity contribution in [1.29, 1.82) is 0 Å². The molecule has 2 heterocycles. The van der Waals surface area contributed by atoms with Crippen LogP contribution in [0.1, 0.15) is 34.9 Å². The molecule has 0 fully saturated rings. The first-order valence-corrected chi connectivity index (χ1v) is 7.74. The van der Waals surface area contributed by atoms with Crippen LogP contribution in [-0.2, 0) is 25.8 Å². The van der Waals surface area contributed by atoms with Gasteiger partial charge in [0.1, 0.15) is 11.5 Å². The van der Waals surface area contributed by atoms with Crippen LogP contribution >= 0.6 is 11.3 Å². The van der Waals surface area contributed by atoms with Crippen molar-refractivity contribution < 1.29 is 4.52 Å². The third-order valence-electron chi connectivity index (χ3n) is 3.64. The summed E-state index contributed by atoms with van der Waals surface area (Å²) in [5, 5.41) is 7.49. The fraction of sp³-hybridized carbons (Fsp3) is 0.571. The quantitative estimate of drug-likeness (QED) is 0.842. The molecule has 0 N–H and O–H groups in total. The van der Waals surface area contributed by atoms with E-state index in [4.69, 9.17) is 4.52 Å². The minimum atomic E-state index is 0.879. The van der Waals surface area contributed by atoms with Crippen LogP contribution in [-0.4, -0.2) is 28.6 Å². The molecular formula is C14H19N3OS. The Kier molecular flexibility index (Phi) is 3.94. The highest BCUT2D eigenvalue weighted by molar-refractivity contribution is 7.09. The van der Waals surface area contributed by atoms with Gasteiger partial charge in [0.05, 0.1) is 5.01 Å². The van der Waals surface area contributed by atoms with Crippen molar-refractivity contribution in [3.63, 3.8) is 0 Å². The van der Waals surface area contributed by atoms with Gasteiger partial charge in [-0.05, 0) is 26.3 Å². The second-order valence-corrected chi connectivity index (χ2v) is 6.13. The van der Waals surface area contributed by atoms with Gasteiger partial charge in [0.2, 0.25) is 0 Å². The molecular weight excluding hydrogens is 258 g/mol. The lowest BCUT2D eigenvalue weighted by Gasteiger charge is -2.16. The molecule has 1 aliphatic rings. The lowest BCUT2D eigenvalue weighted by molar-refractivity contribution is 0.310. The third kappa shape index (κ3) is 3.04.